The summed E-state index contributed by atoms with van der Waals surface area (Å²) in [6.07, 6.45) is 0. The van der Waals surface area contributed by atoms with Crippen molar-refractivity contribution in [1.29, 1.82) is 0 Å². The van der Waals surface area contributed by atoms with Gasteiger partial charge >= 0.3 is 0 Å². The fraction of sp³-hybridized carbons (Fsp3) is 1.00. The molecule has 4 atom stereocenters. The van der Waals surface area contributed by atoms with E-state index in [0.29, 0.717) is 11.8 Å². The second kappa shape index (κ2) is 1.56. The smallest absolute Gasteiger partial charge is 0.295 e. The van der Waals surface area contributed by atoms with Crippen LogP contribution in [0.25, 0.3) is 0 Å². The molecule has 0 N–H and O–H groups in total. The predicted molar refractivity (Wildman–Crippen MR) is 42.6 cm³/mol. The summed E-state index contributed by atoms with van der Waals surface area (Å²) in [5, 5.41) is 19.3. The molecule has 0 radical (unpaired) electrons. The molecule has 0 aromatic heterocycles. The summed E-state index contributed by atoms with van der Waals surface area (Å²) >= 11 is 0. The molecule has 0 spiro atoms. The van der Waals surface area contributed by atoms with Crippen LogP contribution < -0.4 is 0 Å². The molecule has 0 aliphatic heterocycles. The Morgan fingerprint density at radius 1 is 0.812 bits per heavy atom. The highest BCUT2D eigenvalue weighted by atomic mass is 17.0. The van der Waals surface area contributed by atoms with E-state index in [4.69, 9.17) is 9.68 Å². The Morgan fingerprint density at radius 2 is 1.12 bits per heavy atom. The molecular formula is C8H6N2O6. The lowest BCUT2D eigenvalue weighted by atomic mass is 8.97. The monoisotopic (exact) mass is 226 g/mol. The predicted octanol–water partition coefficient (Wildman–Crippen LogP) is -0.354. The second-order valence-corrected chi connectivity index (χ2v) is 5.47. The van der Waals surface area contributed by atoms with Gasteiger partial charge in [-0.05, 0) is 11.8 Å². The Morgan fingerprint density at radius 3 is 1.38 bits per heavy atom. The second-order valence-electron chi connectivity index (χ2n) is 5.47. The van der Waals surface area contributed by atoms with Gasteiger partial charge in [-0.25, -0.2) is 0 Å². The van der Waals surface area contributed by atoms with Crippen LogP contribution in [0.15, 0.2) is 0 Å². The molecule has 8 heteroatoms. The molecular weight excluding hydrogens is 220 g/mol. The minimum atomic E-state index is -0.946. The van der Waals surface area contributed by atoms with Gasteiger partial charge in [0.25, 0.3) is 10.2 Å². The van der Waals surface area contributed by atoms with Crippen LogP contribution in [0.2, 0.25) is 0 Å². The van der Waals surface area contributed by atoms with Crippen molar-refractivity contribution in [3.05, 3.63) is 20.2 Å². The Balaban J connectivity index is 1.56. The molecule has 84 valence electrons. The van der Waals surface area contributed by atoms with E-state index in [2.05, 4.69) is 0 Å². The maximum absolute atomic E-state index is 10.5. The molecule has 6 rings (SSSR count). The van der Waals surface area contributed by atoms with Crippen molar-refractivity contribution < 1.29 is 19.8 Å². The van der Waals surface area contributed by atoms with Crippen molar-refractivity contribution in [2.75, 3.05) is 0 Å². The maximum atomic E-state index is 10.5. The molecule has 6 fully saturated rings. The van der Waals surface area contributed by atoms with Gasteiger partial charge in [0.05, 0.1) is 0 Å². The summed E-state index contributed by atoms with van der Waals surface area (Å²) < 4.78 is 0. The first-order valence-corrected chi connectivity index (χ1v) is 5.24. The third-order valence-electron chi connectivity index (χ3n) is 5.92. The average Bonchev–Trinajstić information content (AvgIpc) is 2.17. The van der Waals surface area contributed by atoms with Gasteiger partial charge in [-0.1, -0.05) is 0 Å². The van der Waals surface area contributed by atoms with Crippen LogP contribution in [0.4, 0.5) is 0 Å². The maximum Gasteiger partial charge on any atom is 0.295 e. The van der Waals surface area contributed by atoms with Gasteiger partial charge in [0, 0.05) is 23.7 Å². The first kappa shape index (κ1) is 7.64. The summed E-state index contributed by atoms with van der Waals surface area (Å²) in [5.41, 5.74) is -1.89. The zero-order valence-corrected chi connectivity index (χ0v) is 7.81. The molecule has 0 aromatic rings. The molecule has 6 saturated carbocycles. The van der Waals surface area contributed by atoms with E-state index in [1.165, 1.54) is 0 Å². The topological polar surface area (TPSA) is 105 Å². The Bertz CT molecular complexity index is 427. The van der Waals surface area contributed by atoms with E-state index in [-0.39, 0.29) is 23.7 Å². The fourth-order valence-electron chi connectivity index (χ4n) is 5.97. The Labute approximate surface area is 87.7 Å². The van der Waals surface area contributed by atoms with Gasteiger partial charge in [0.1, 0.15) is 0 Å². The molecule has 0 amide bonds. The van der Waals surface area contributed by atoms with Crippen LogP contribution in [0, 0.1) is 55.7 Å². The number of hydrogen-bond acceptors (Lipinski definition) is 6. The first-order valence-electron chi connectivity index (χ1n) is 5.24. The quantitative estimate of drug-likeness (QED) is 0.479. The van der Waals surface area contributed by atoms with E-state index in [9.17, 15) is 20.2 Å². The van der Waals surface area contributed by atoms with Crippen molar-refractivity contribution in [3.63, 3.8) is 0 Å². The molecule has 6 aliphatic rings. The van der Waals surface area contributed by atoms with Crippen LogP contribution in [0.5, 0.6) is 0 Å². The first-order chi connectivity index (χ1) is 7.57. The average molecular weight is 226 g/mol. The van der Waals surface area contributed by atoms with Crippen molar-refractivity contribution >= 4 is 0 Å². The molecule has 0 saturated heterocycles. The minimum absolute atomic E-state index is 0.151. The molecule has 4 unspecified atom stereocenters. The largest absolute Gasteiger partial charge is 0.304 e. The number of rotatable bonds is 4. The van der Waals surface area contributed by atoms with Gasteiger partial charge in [-0.3, -0.25) is 0 Å². The fourth-order valence-corrected chi connectivity index (χ4v) is 5.97. The lowest BCUT2D eigenvalue weighted by Crippen LogP contribution is -3.17. The highest BCUT2D eigenvalue weighted by Gasteiger charge is 3.14. The number of nitrogens with zero attached hydrogens (tertiary/aromatic N) is 2. The zero-order chi connectivity index (χ0) is 11.0. The molecule has 8 nitrogen and oxygen atoms in total. The number of hydrogen-bond donors (Lipinski definition) is 0. The minimum Gasteiger partial charge on any atom is -0.304 e. The third-order valence-corrected chi connectivity index (χ3v) is 5.92. The van der Waals surface area contributed by atoms with Crippen molar-refractivity contribution in [1.82, 2.24) is 0 Å². The van der Waals surface area contributed by atoms with E-state index >= 15 is 0 Å². The summed E-state index contributed by atoms with van der Waals surface area (Å²) in [5.74, 6) is 1.67. The zero-order valence-electron chi connectivity index (χ0n) is 7.81. The molecule has 16 heavy (non-hydrogen) atoms. The molecule has 6 aliphatic carbocycles. The highest BCUT2D eigenvalue weighted by molar-refractivity contribution is 5.60. The summed E-state index contributed by atoms with van der Waals surface area (Å²) in [6.45, 7) is 0. The highest BCUT2D eigenvalue weighted by Crippen LogP contribution is 3.05. The Hall–Kier alpha value is -1.60. The standard InChI is InChI=1S/C8H6N2O6/c11-9(12)15-7-3-1-2-5(3)8(7,16-10(13)14)6(2)4(1)7/h1-6H. The summed E-state index contributed by atoms with van der Waals surface area (Å²) in [4.78, 5) is 30.4. The van der Waals surface area contributed by atoms with Crippen molar-refractivity contribution in [2.24, 2.45) is 35.5 Å². The van der Waals surface area contributed by atoms with Gasteiger partial charge in [0.15, 0.2) is 11.2 Å². The van der Waals surface area contributed by atoms with Crippen LogP contribution in [0.1, 0.15) is 0 Å². The Kier molecular flexibility index (Phi) is 0.742. The van der Waals surface area contributed by atoms with Gasteiger partial charge in [-0.2, -0.15) is 0 Å². The normalized spacial score (nSPS) is 68.2. The van der Waals surface area contributed by atoms with Gasteiger partial charge in [-0.15, -0.1) is 20.2 Å². The van der Waals surface area contributed by atoms with Crippen LogP contribution in [0.3, 0.4) is 0 Å². The van der Waals surface area contributed by atoms with E-state index < -0.39 is 21.4 Å². The van der Waals surface area contributed by atoms with Crippen LogP contribution in [-0.4, -0.2) is 21.4 Å². The van der Waals surface area contributed by atoms with E-state index in [1.807, 2.05) is 0 Å². The van der Waals surface area contributed by atoms with Gasteiger partial charge < -0.3 is 9.68 Å². The lowest BCUT2D eigenvalue weighted by molar-refractivity contribution is -0.908. The van der Waals surface area contributed by atoms with Crippen molar-refractivity contribution in [2.45, 2.75) is 11.2 Å². The van der Waals surface area contributed by atoms with E-state index in [0.717, 1.165) is 0 Å². The lowest BCUT2D eigenvalue weighted by Gasteiger charge is -3.07. The molecule has 0 bridgehead atoms. The molecule has 0 aromatic carbocycles. The SMILES string of the molecule is O=[N+]([O-])OC12C3C4C5C3C1(O[N+](=O)[O-])C5C42. The van der Waals surface area contributed by atoms with Crippen LogP contribution in [-0.2, 0) is 9.68 Å². The van der Waals surface area contributed by atoms with E-state index in [1.54, 1.807) is 0 Å². The van der Waals surface area contributed by atoms with Crippen molar-refractivity contribution in [3.8, 4) is 0 Å². The summed E-state index contributed by atoms with van der Waals surface area (Å²) in [6, 6.07) is 0. The van der Waals surface area contributed by atoms with Gasteiger partial charge in [0.2, 0.25) is 0 Å². The van der Waals surface area contributed by atoms with Crippen LogP contribution >= 0.6 is 0 Å². The molecule has 0 heterocycles. The third kappa shape index (κ3) is 0.335. The summed E-state index contributed by atoms with van der Waals surface area (Å²) in [7, 11) is 0.